The van der Waals surface area contributed by atoms with Gasteiger partial charge in [0, 0.05) is 5.69 Å². The molecule has 2 aromatic rings. The maximum atomic E-state index is 12.3. The highest BCUT2D eigenvalue weighted by Crippen LogP contribution is 2.13. The van der Waals surface area contributed by atoms with Gasteiger partial charge in [0.05, 0.1) is 22.9 Å². The Labute approximate surface area is 120 Å². The highest BCUT2D eigenvalue weighted by molar-refractivity contribution is 7.91. The zero-order valence-electron chi connectivity index (χ0n) is 12.1. The number of rotatable bonds is 5. The average molecular weight is 292 g/mol. The minimum absolute atomic E-state index is 0.0736. The fourth-order valence-corrected chi connectivity index (χ4v) is 3.35. The lowest BCUT2D eigenvalue weighted by atomic mass is 10.2. The molecule has 0 bridgehead atoms. The van der Waals surface area contributed by atoms with E-state index in [4.69, 9.17) is 0 Å². The van der Waals surface area contributed by atoms with Crippen LogP contribution in [-0.2, 0) is 22.8 Å². The van der Waals surface area contributed by atoms with Gasteiger partial charge in [0.2, 0.25) is 0 Å². The molecular formula is C15H20N2O2S. The van der Waals surface area contributed by atoms with Crippen LogP contribution in [0.15, 0.2) is 35.2 Å². The van der Waals surface area contributed by atoms with Gasteiger partial charge < -0.3 is 0 Å². The Hall–Kier alpha value is -1.62. The summed E-state index contributed by atoms with van der Waals surface area (Å²) in [6.45, 7) is 6.30. The van der Waals surface area contributed by atoms with Crippen molar-refractivity contribution < 1.29 is 8.42 Å². The second-order valence-corrected chi connectivity index (χ2v) is 7.09. The highest BCUT2D eigenvalue weighted by atomic mass is 32.2. The minimum atomic E-state index is -3.25. The standard InChI is InChI=1S/C15H20N2O2S/c1-4-14-11-13(3)16-17(14)9-10-20(18,19)15-7-5-12(2)6-8-15/h5-8,11H,4,9-10H2,1-3H3. The molecule has 1 aromatic heterocycles. The Bertz CT molecular complexity index is 685. The van der Waals surface area contributed by atoms with E-state index in [1.807, 2.05) is 39.0 Å². The van der Waals surface area contributed by atoms with Gasteiger partial charge in [-0.1, -0.05) is 24.6 Å². The van der Waals surface area contributed by atoms with Crippen LogP contribution in [-0.4, -0.2) is 24.0 Å². The molecule has 20 heavy (non-hydrogen) atoms. The lowest BCUT2D eigenvalue weighted by Crippen LogP contribution is -2.15. The fraction of sp³-hybridized carbons (Fsp3) is 0.400. The van der Waals surface area contributed by atoms with Crippen LogP contribution in [0.25, 0.3) is 0 Å². The van der Waals surface area contributed by atoms with Crippen LogP contribution in [0.4, 0.5) is 0 Å². The van der Waals surface area contributed by atoms with E-state index < -0.39 is 9.84 Å². The van der Waals surface area contributed by atoms with Gasteiger partial charge >= 0.3 is 0 Å². The van der Waals surface area contributed by atoms with Crippen molar-refractivity contribution >= 4 is 9.84 Å². The maximum Gasteiger partial charge on any atom is 0.180 e. The van der Waals surface area contributed by atoms with Crippen molar-refractivity contribution in [3.05, 3.63) is 47.3 Å². The lowest BCUT2D eigenvalue weighted by molar-refractivity contribution is 0.573. The van der Waals surface area contributed by atoms with E-state index >= 15 is 0 Å². The highest BCUT2D eigenvalue weighted by Gasteiger charge is 2.15. The Kier molecular flexibility index (Phi) is 4.28. The summed E-state index contributed by atoms with van der Waals surface area (Å²) in [5, 5.41) is 4.34. The van der Waals surface area contributed by atoms with E-state index in [0.29, 0.717) is 11.4 Å². The number of benzene rings is 1. The molecule has 108 valence electrons. The molecule has 0 radical (unpaired) electrons. The first kappa shape index (κ1) is 14.8. The van der Waals surface area contributed by atoms with Gasteiger partial charge in [-0.2, -0.15) is 5.10 Å². The molecule has 0 spiro atoms. The van der Waals surface area contributed by atoms with Crippen molar-refractivity contribution in [2.24, 2.45) is 0 Å². The first-order valence-electron chi connectivity index (χ1n) is 6.75. The molecule has 0 fully saturated rings. The molecule has 0 saturated carbocycles. The first-order valence-corrected chi connectivity index (χ1v) is 8.40. The van der Waals surface area contributed by atoms with Gasteiger partial charge in [-0.15, -0.1) is 0 Å². The molecule has 0 aliphatic heterocycles. The second-order valence-electron chi connectivity index (χ2n) is 4.99. The number of nitrogens with zero attached hydrogens (tertiary/aromatic N) is 2. The summed E-state index contributed by atoms with van der Waals surface area (Å²) in [7, 11) is -3.25. The molecule has 5 heteroatoms. The summed E-state index contributed by atoms with van der Waals surface area (Å²) in [5.41, 5.74) is 3.05. The van der Waals surface area contributed by atoms with Crippen molar-refractivity contribution in [2.75, 3.05) is 5.75 Å². The van der Waals surface area contributed by atoms with Crippen molar-refractivity contribution in [1.82, 2.24) is 9.78 Å². The van der Waals surface area contributed by atoms with Crippen LogP contribution in [0.2, 0.25) is 0 Å². The molecule has 0 atom stereocenters. The lowest BCUT2D eigenvalue weighted by Gasteiger charge is -2.07. The van der Waals surface area contributed by atoms with Crippen molar-refractivity contribution in [1.29, 1.82) is 0 Å². The van der Waals surface area contributed by atoms with Crippen LogP contribution in [0, 0.1) is 13.8 Å². The van der Waals surface area contributed by atoms with Gasteiger partial charge in [-0.25, -0.2) is 8.42 Å². The van der Waals surface area contributed by atoms with Crippen molar-refractivity contribution in [3.8, 4) is 0 Å². The number of aromatic nitrogens is 2. The van der Waals surface area contributed by atoms with Gasteiger partial charge in [0.15, 0.2) is 9.84 Å². The zero-order valence-corrected chi connectivity index (χ0v) is 12.9. The Balaban J connectivity index is 2.15. The summed E-state index contributed by atoms with van der Waals surface area (Å²) in [6, 6.07) is 8.97. The summed E-state index contributed by atoms with van der Waals surface area (Å²) in [4.78, 5) is 0.380. The molecule has 0 saturated heterocycles. The van der Waals surface area contributed by atoms with Crippen LogP contribution >= 0.6 is 0 Å². The first-order chi connectivity index (χ1) is 9.42. The topological polar surface area (TPSA) is 52.0 Å². The third-order valence-electron chi connectivity index (χ3n) is 3.30. The smallest absolute Gasteiger partial charge is 0.180 e. The molecule has 0 aliphatic carbocycles. The fourth-order valence-electron chi connectivity index (χ4n) is 2.15. The van der Waals surface area contributed by atoms with E-state index in [9.17, 15) is 8.42 Å². The molecule has 0 unspecified atom stereocenters. The average Bonchev–Trinajstić information content (AvgIpc) is 2.77. The number of hydrogen-bond acceptors (Lipinski definition) is 3. The predicted octanol–water partition coefficient (Wildman–Crippen LogP) is 2.54. The van der Waals surface area contributed by atoms with Gasteiger partial charge in [0.1, 0.15) is 0 Å². The quantitative estimate of drug-likeness (QED) is 0.851. The summed E-state index contributed by atoms with van der Waals surface area (Å²) in [5.74, 6) is 0.0736. The normalized spacial score (nSPS) is 11.8. The van der Waals surface area contributed by atoms with E-state index in [2.05, 4.69) is 5.10 Å². The number of hydrogen-bond donors (Lipinski definition) is 0. The van der Waals surface area contributed by atoms with E-state index in [-0.39, 0.29) is 5.75 Å². The zero-order chi connectivity index (χ0) is 14.8. The summed E-state index contributed by atoms with van der Waals surface area (Å²) in [6.07, 6.45) is 0.853. The van der Waals surface area contributed by atoms with E-state index in [1.54, 1.807) is 16.8 Å². The number of aryl methyl sites for hydroxylation is 4. The predicted molar refractivity (Wildman–Crippen MR) is 79.6 cm³/mol. The summed E-state index contributed by atoms with van der Waals surface area (Å²) < 4.78 is 26.4. The maximum absolute atomic E-state index is 12.3. The van der Waals surface area contributed by atoms with E-state index in [0.717, 1.165) is 23.4 Å². The molecule has 4 nitrogen and oxygen atoms in total. The van der Waals surface area contributed by atoms with Gasteiger partial charge in [0.25, 0.3) is 0 Å². The third kappa shape index (κ3) is 3.28. The van der Waals surface area contributed by atoms with Crippen LogP contribution in [0.3, 0.4) is 0 Å². The molecule has 2 rings (SSSR count). The molecule has 0 amide bonds. The minimum Gasteiger partial charge on any atom is -0.268 e. The van der Waals surface area contributed by atoms with Crippen LogP contribution < -0.4 is 0 Å². The van der Waals surface area contributed by atoms with Crippen LogP contribution in [0.5, 0.6) is 0 Å². The van der Waals surface area contributed by atoms with Crippen molar-refractivity contribution in [3.63, 3.8) is 0 Å². The Morgan fingerprint density at radius 3 is 2.40 bits per heavy atom. The van der Waals surface area contributed by atoms with E-state index in [1.165, 1.54) is 0 Å². The van der Waals surface area contributed by atoms with Gasteiger partial charge in [-0.3, -0.25) is 4.68 Å². The number of sulfone groups is 1. The summed E-state index contributed by atoms with van der Waals surface area (Å²) >= 11 is 0. The molecule has 1 aromatic carbocycles. The Morgan fingerprint density at radius 1 is 1.15 bits per heavy atom. The van der Waals surface area contributed by atoms with Gasteiger partial charge in [-0.05, 0) is 38.5 Å². The van der Waals surface area contributed by atoms with Crippen LogP contribution in [0.1, 0.15) is 23.9 Å². The molecule has 1 heterocycles. The third-order valence-corrected chi connectivity index (χ3v) is 5.01. The molecule has 0 aliphatic rings. The monoisotopic (exact) mass is 292 g/mol. The second kappa shape index (κ2) is 5.79. The van der Waals surface area contributed by atoms with Crippen molar-refractivity contribution in [2.45, 2.75) is 38.6 Å². The SMILES string of the molecule is CCc1cc(C)nn1CCS(=O)(=O)c1ccc(C)cc1. The molecule has 0 N–H and O–H groups in total. The largest absolute Gasteiger partial charge is 0.268 e. The Morgan fingerprint density at radius 2 is 1.80 bits per heavy atom. The molecular weight excluding hydrogens is 272 g/mol.